The number of carbonyl (C=O) groups is 1. The van der Waals surface area contributed by atoms with Crippen LogP contribution in [0.1, 0.15) is 34.1 Å². The van der Waals surface area contributed by atoms with Crippen LogP contribution in [0, 0.1) is 5.92 Å². The van der Waals surface area contributed by atoms with Crippen molar-refractivity contribution >= 4 is 13.1 Å². The summed E-state index contributed by atoms with van der Waals surface area (Å²) in [6, 6.07) is 0. The van der Waals surface area contributed by atoms with Crippen LogP contribution in [0.4, 0.5) is 0 Å². The number of carboxylic acid groups (broad SMARTS) is 1. The third-order valence-corrected chi connectivity index (χ3v) is 4.08. The van der Waals surface area contributed by atoms with Gasteiger partial charge in [0.1, 0.15) is 0 Å². The van der Waals surface area contributed by atoms with Crippen LogP contribution in [0.5, 0.6) is 0 Å². The van der Waals surface area contributed by atoms with Gasteiger partial charge in [-0.3, -0.25) is 4.79 Å². The molecule has 2 unspecified atom stereocenters. The highest BCUT2D eigenvalue weighted by molar-refractivity contribution is 6.51. The van der Waals surface area contributed by atoms with Gasteiger partial charge < -0.3 is 14.4 Å². The van der Waals surface area contributed by atoms with E-state index in [0.29, 0.717) is 6.61 Å². The summed E-state index contributed by atoms with van der Waals surface area (Å²) < 4.78 is 11.7. The van der Waals surface area contributed by atoms with Gasteiger partial charge in [-0.05, 0) is 20.3 Å². The molecule has 1 aliphatic heterocycles. The van der Waals surface area contributed by atoms with Crippen molar-refractivity contribution in [2.24, 2.45) is 5.92 Å². The van der Waals surface area contributed by atoms with Crippen molar-refractivity contribution in [1.29, 1.82) is 0 Å². The van der Waals surface area contributed by atoms with Gasteiger partial charge in [0.05, 0.1) is 18.1 Å². The topological polar surface area (TPSA) is 55.8 Å². The first kappa shape index (κ1) is 14.3. The van der Waals surface area contributed by atoms with Crippen LogP contribution in [-0.4, -0.2) is 30.4 Å². The molecule has 1 N–H and O–H groups in total. The monoisotopic (exact) mass is 264 g/mol. The molecule has 0 amide bonds. The minimum absolute atomic E-state index is 0.364. The molecule has 2 aliphatic rings. The first-order valence-corrected chi connectivity index (χ1v) is 6.71. The lowest BCUT2D eigenvalue weighted by Crippen LogP contribution is -2.44. The summed E-state index contributed by atoms with van der Waals surface area (Å²) in [6.07, 6.45) is 6.31. The normalized spacial score (nSPS) is 33.4. The highest BCUT2D eigenvalue weighted by atomic mass is 16.7. The Kier molecular flexibility index (Phi) is 3.62. The molecule has 1 aliphatic carbocycles. The van der Waals surface area contributed by atoms with Crippen LogP contribution >= 0.6 is 0 Å². The quantitative estimate of drug-likeness (QED) is 0.796. The summed E-state index contributed by atoms with van der Waals surface area (Å²) in [5, 5.41) is 8.84. The van der Waals surface area contributed by atoms with Gasteiger partial charge in [0.15, 0.2) is 0 Å². The summed E-state index contributed by atoms with van der Waals surface area (Å²) in [7, 11) is -0.514. The maximum absolute atomic E-state index is 11.6. The van der Waals surface area contributed by atoms with Gasteiger partial charge >= 0.3 is 13.1 Å². The Labute approximate surface area is 114 Å². The van der Waals surface area contributed by atoms with Gasteiger partial charge in [0.2, 0.25) is 0 Å². The second-order valence-corrected chi connectivity index (χ2v) is 6.05. The molecule has 0 saturated carbocycles. The fourth-order valence-corrected chi connectivity index (χ4v) is 2.93. The van der Waals surface area contributed by atoms with E-state index >= 15 is 0 Å². The number of aliphatic carboxylic acids is 1. The molecule has 2 rings (SSSR count). The molecular weight excluding hydrogens is 243 g/mol. The Hall–Kier alpha value is -1.07. The maximum atomic E-state index is 11.6. The predicted octanol–water partition coefficient (Wildman–Crippen LogP) is 2.67. The lowest BCUT2D eigenvalue weighted by molar-refractivity contribution is -0.141. The lowest BCUT2D eigenvalue weighted by Gasteiger charge is -2.39. The van der Waals surface area contributed by atoms with E-state index in [2.05, 4.69) is 0 Å². The van der Waals surface area contributed by atoms with Gasteiger partial charge in [-0.15, -0.1) is 0 Å². The number of hydrogen-bond acceptors (Lipinski definition) is 3. The van der Waals surface area contributed by atoms with E-state index in [1.54, 1.807) is 6.08 Å². The van der Waals surface area contributed by atoms with Gasteiger partial charge in [-0.2, -0.15) is 0 Å². The van der Waals surface area contributed by atoms with E-state index in [0.717, 1.165) is 12.0 Å². The lowest BCUT2D eigenvalue weighted by atomic mass is 9.47. The first-order valence-electron chi connectivity index (χ1n) is 6.71. The Balaban J connectivity index is 2.38. The number of carboxylic acids is 1. The van der Waals surface area contributed by atoms with E-state index in [9.17, 15) is 9.90 Å². The predicted molar refractivity (Wildman–Crippen MR) is 73.9 cm³/mol. The van der Waals surface area contributed by atoms with Crippen molar-refractivity contribution in [2.45, 2.75) is 45.0 Å². The number of hydrogen-bond donors (Lipinski definition) is 1. The smallest absolute Gasteiger partial charge is 0.469 e. The molecule has 0 aromatic rings. The zero-order valence-electron chi connectivity index (χ0n) is 12.0. The molecule has 1 heterocycles. The molecule has 0 radical (unpaired) electrons. The first-order chi connectivity index (χ1) is 8.81. The van der Waals surface area contributed by atoms with E-state index < -0.39 is 24.3 Å². The van der Waals surface area contributed by atoms with Crippen LogP contribution in [0.2, 0.25) is 5.31 Å². The molecule has 0 bridgehead atoms. The molecule has 1 saturated heterocycles. The molecule has 4 nitrogen and oxygen atoms in total. The van der Waals surface area contributed by atoms with E-state index in [4.69, 9.17) is 9.31 Å². The summed E-state index contributed by atoms with van der Waals surface area (Å²) in [4.78, 5) is 11.6. The van der Waals surface area contributed by atoms with Crippen molar-refractivity contribution < 1.29 is 19.2 Å². The van der Waals surface area contributed by atoms with Gasteiger partial charge in [0.25, 0.3) is 0 Å². The average Bonchev–Trinajstić information content (AvgIpc) is 2.70. The summed E-state index contributed by atoms with van der Waals surface area (Å²) >= 11 is 0. The van der Waals surface area contributed by atoms with Crippen molar-refractivity contribution in [1.82, 2.24) is 0 Å². The van der Waals surface area contributed by atoms with Crippen molar-refractivity contribution in [3.05, 3.63) is 23.8 Å². The molecule has 19 heavy (non-hydrogen) atoms. The maximum Gasteiger partial charge on any atom is 0.469 e. The van der Waals surface area contributed by atoms with Crippen LogP contribution < -0.4 is 0 Å². The Morgan fingerprint density at radius 3 is 2.68 bits per heavy atom. The molecule has 0 spiro atoms. The van der Waals surface area contributed by atoms with E-state index in [1.165, 1.54) is 0 Å². The number of allylic oxidation sites excluding steroid dienone is 3. The van der Waals surface area contributed by atoms with Crippen LogP contribution in [-0.2, 0) is 14.1 Å². The zero-order chi connectivity index (χ0) is 14.3. The molecular formula is C14H21BO4. The summed E-state index contributed by atoms with van der Waals surface area (Å²) in [5.41, 5.74) is 0.696. The van der Waals surface area contributed by atoms with Crippen LogP contribution in [0.3, 0.4) is 0 Å². The highest BCUT2D eigenvalue weighted by Gasteiger charge is 2.57. The Morgan fingerprint density at radius 1 is 1.53 bits per heavy atom. The molecule has 104 valence electrons. The minimum atomic E-state index is -0.838. The van der Waals surface area contributed by atoms with E-state index in [1.807, 2.05) is 39.8 Å². The third kappa shape index (κ3) is 2.37. The molecule has 0 aromatic heterocycles. The molecule has 5 heteroatoms. The standard InChI is InChI=1S/C14H21BO4/c1-5-10-7-6-8-11(12(16)17)14(10,4)15-18-9-13(2,3)19-15/h6-8,11H,5,9H2,1-4H3,(H,16,17). The fraction of sp³-hybridized carbons (Fsp3) is 0.643. The summed E-state index contributed by atoms with van der Waals surface area (Å²) in [6.45, 7) is 8.36. The van der Waals surface area contributed by atoms with Gasteiger partial charge in [-0.1, -0.05) is 37.6 Å². The largest absolute Gasteiger partial charge is 0.481 e. The average molecular weight is 264 g/mol. The molecule has 2 atom stereocenters. The zero-order valence-corrected chi connectivity index (χ0v) is 12.0. The fourth-order valence-electron chi connectivity index (χ4n) is 2.93. The highest BCUT2D eigenvalue weighted by Crippen LogP contribution is 2.52. The third-order valence-electron chi connectivity index (χ3n) is 4.08. The van der Waals surface area contributed by atoms with Crippen LogP contribution in [0.25, 0.3) is 0 Å². The van der Waals surface area contributed by atoms with E-state index in [-0.39, 0.29) is 5.60 Å². The molecule has 0 aromatic carbocycles. The second-order valence-electron chi connectivity index (χ2n) is 6.05. The SMILES string of the molecule is CCC1=CC=CC(C(=O)O)C1(C)B1OCC(C)(C)O1. The van der Waals surface area contributed by atoms with Gasteiger partial charge in [-0.25, -0.2) is 0 Å². The number of rotatable bonds is 3. The summed E-state index contributed by atoms with van der Waals surface area (Å²) in [5.74, 6) is -1.46. The van der Waals surface area contributed by atoms with Crippen LogP contribution in [0.15, 0.2) is 23.8 Å². The van der Waals surface area contributed by atoms with Crippen molar-refractivity contribution in [3.63, 3.8) is 0 Å². The van der Waals surface area contributed by atoms with Crippen molar-refractivity contribution in [3.8, 4) is 0 Å². The Bertz CT molecular complexity index is 441. The minimum Gasteiger partial charge on any atom is -0.481 e. The van der Waals surface area contributed by atoms with Crippen molar-refractivity contribution in [2.75, 3.05) is 6.61 Å². The second kappa shape index (κ2) is 4.80. The van der Waals surface area contributed by atoms with Gasteiger partial charge in [0, 0.05) is 5.31 Å². The Morgan fingerprint density at radius 2 is 2.21 bits per heavy atom. The molecule has 1 fully saturated rings.